The molecule has 0 amide bonds. The minimum Gasteiger partial charge on any atom is -0.496 e. The standard InChI is InChI=1S/C15H14BrFO2/c1-19-15-5-3-2-4-10(15)8-14(18)12-7-6-11(16)9-13(12)17/h2-7,9,14,18H,8H2,1H3. The second kappa shape index (κ2) is 6.17. The lowest BCUT2D eigenvalue weighted by atomic mass is 10.0. The van der Waals surface area contributed by atoms with Crippen LogP contribution in [0.25, 0.3) is 0 Å². The minimum atomic E-state index is -0.899. The molecule has 1 unspecified atom stereocenters. The monoisotopic (exact) mass is 324 g/mol. The average molecular weight is 325 g/mol. The lowest BCUT2D eigenvalue weighted by molar-refractivity contribution is 0.172. The Bertz CT molecular complexity index is 572. The highest BCUT2D eigenvalue weighted by Crippen LogP contribution is 2.27. The third-order valence-corrected chi connectivity index (χ3v) is 3.42. The maximum atomic E-state index is 13.8. The summed E-state index contributed by atoms with van der Waals surface area (Å²) in [6, 6.07) is 12.0. The van der Waals surface area contributed by atoms with E-state index in [0.717, 1.165) is 5.56 Å². The number of benzene rings is 2. The molecule has 2 rings (SSSR count). The van der Waals surface area contributed by atoms with E-state index in [0.29, 0.717) is 16.6 Å². The molecule has 2 aromatic carbocycles. The zero-order valence-electron chi connectivity index (χ0n) is 10.4. The van der Waals surface area contributed by atoms with Crippen molar-refractivity contribution in [3.63, 3.8) is 0 Å². The lowest BCUT2D eigenvalue weighted by Crippen LogP contribution is -2.05. The number of hydrogen-bond donors (Lipinski definition) is 1. The molecule has 0 aliphatic heterocycles. The number of aliphatic hydroxyl groups is 1. The van der Waals surface area contributed by atoms with E-state index in [1.165, 1.54) is 6.07 Å². The number of rotatable bonds is 4. The molecule has 2 aromatic rings. The fraction of sp³-hybridized carbons (Fsp3) is 0.200. The molecule has 0 aromatic heterocycles. The van der Waals surface area contributed by atoms with Gasteiger partial charge in [-0.15, -0.1) is 0 Å². The van der Waals surface area contributed by atoms with Crippen LogP contribution in [0, 0.1) is 5.82 Å². The van der Waals surface area contributed by atoms with Gasteiger partial charge < -0.3 is 9.84 Å². The van der Waals surface area contributed by atoms with Crippen LogP contribution in [0.2, 0.25) is 0 Å². The fourth-order valence-electron chi connectivity index (χ4n) is 1.96. The van der Waals surface area contributed by atoms with Gasteiger partial charge in [-0.25, -0.2) is 4.39 Å². The molecule has 2 nitrogen and oxygen atoms in total. The van der Waals surface area contributed by atoms with Crippen molar-refractivity contribution in [3.8, 4) is 5.75 Å². The van der Waals surface area contributed by atoms with Crippen molar-refractivity contribution in [1.82, 2.24) is 0 Å². The molecule has 19 heavy (non-hydrogen) atoms. The zero-order valence-corrected chi connectivity index (χ0v) is 12.0. The first-order valence-corrected chi connectivity index (χ1v) is 6.66. The van der Waals surface area contributed by atoms with Gasteiger partial charge in [0.05, 0.1) is 13.2 Å². The van der Waals surface area contributed by atoms with E-state index < -0.39 is 11.9 Å². The summed E-state index contributed by atoms with van der Waals surface area (Å²) in [5.41, 5.74) is 1.13. The minimum absolute atomic E-state index is 0.286. The third-order valence-electron chi connectivity index (χ3n) is 2.93. The smallest absolute Gasteiger partial charge is 0.130 e. The highest BCUT2D eigenvalue weighted by atomic mass is 79.9. The van der Waals surface area contributed by atoms with Crippen LogP contribution in [0.3, 0.4) is 0 Å². The molecular formula is C15H14BrFO2. The van der Waals surface area contributed by atoms with Gasteiger partial charge in [0, 0.05) is 16.5 Å². The van der Waals surface area contributed by atoms with E-state index in [9.17, 15) is 9.50 Å². The Morgan fingerprint density at radius 3 is 2.68 bits per heavy atom. The second-order valence-corrected chi connectivity index (χ2v) is 5.11. The van der Waals surface area contributed by atoms with Gasteiger partial charge in [0.1, 0.15) is 11.6 Å². The van der Waals surface area contributed by atoms with Crippen molar-refractivity contribution in [3.05, 3.63) is 63.9 Å². The van der Waals surface area contributed by atoms with Crippen LogP contribution < -0.4 is 4.74 Å². The molecule has 0 saturated heterocycles. The van der Waals surface area contributed by atoms with Gasteiger partial charge in [0.15, 0.2) is 0 Å². The summed E-state index contributed by atoms with van der Waals surface area (Å²) >= 11 is 3.19. The van der Waals surface area contributed by atoms with Crippen LogP contribution in [-0.4, -0.2) is 12.2 Å². The molecule has 0 aliphatic rings. The molecule has 0 aliphatic carbocycles. The van der Waals surface area contributed by atoms with E-state index in [-0.39, 0.29) is 5.56 Å². The van der Waals surface area contributed by atoms with Crippen molar-refractivity contribution >= 4 is 15.9 Å². The number of hydrogen-bond acceptors (Lipinski definition) is 2. The van der Waals surface area contributed by atoms with E-state index >= 15 is 0 Å². The molecule has 0 spiro atoms. The molecule has 100 valence electrons. The van der Waals surface area contributed by atoms with Gasteiger partial charge >= 0.3 is 0 Å². The Labute approximate surface area is 120 Å². The van der Waals surface area contributed by atoms with Crippen LogP contribution in [0.4, 0.5) is 4.39 Å². The van der Waals surface area contributed by atoms with Crippen molar-refractivity contribution in [2.45, 2.75) is 12.5 Å². The molecule has 0 bridgehead atoms. The van der Waals surface area contributed by atoms with E-state index in [2.05, 4.69) is 15.9 Å². The molecule has 1 N–H and O–H groups in total. The van der Waals surface area contributed by atoms with Gasteiger partial charge in [-0.05, 0) is 23.8 Å². The average Bonchev–Trinajstić information content (AvgIpc) is 2.39. The first-order chi connectivity index (χ1) is 9.11. The Morgan fingerprint density at radius 1 is 1.26 bits per heavy atom. The maximum absolute atomic E-state index is 13.8. The van der Waals surface area contributed by atoms with Crippen LogP contribution in [-0.2, 0) is 6.42 Å². The van der Waals surface area contributed by atoms with Gasteiger partial charge in [0.25, 0.3) is 0 Å². The number of para-hydroxylation sites is 1. The molecule has 0 heterocycles. The SMILES string of the molecule is COc1ccccc1CC(O)c1ccc(Br)cc1F. The van der Waals surface area contributed by atoms with Crippen LogP contribution in [0.5, 0.6) is 5.75 Å². The van der Waals surface area contributed by atoms with E-state index in [4.69, 9.17) is 4.74 Å². The number of ether oxygens (including phenoxy) is 1. The van der Waals surface area contributed by atoms with Crippen LogP contribution >= 0.6 is 15.9 Å². The molecule has 0 saturated carbocycles. The predicted molar refractivity (Wildman–Crippen MR) is 75.8 cm³/mol. The first kappa shape index (κ1) is 14.0. The van der Waals surface area contributed by atoms with Gasteiger partial charge in [-0.1, -0.05) is 40.2 Å². The fourth-order valence-corrected chi connectivity index (χ4v) is 2.29. The summed E-state index contributed by atoms with van der Waals surface area (Å²) in [5, 5.41) is 10.2. The van der Waals surface area contributed by atoms with Crippen molar-refractivity contribution in [2.24, 2.45) is 0 Å². The summed E-state index contributed by atoms with van der Waals surface area (Å²) in [6.07, 6.45) is -0.591. The van der Waals surface area contributed by atoms with E-state index in [1.807, 2.05) is 24.3 Å². The van der Waals surface area contributed by atoms with Gasteiger partial charge in [0.2, 0.25) is 0 Å². The second-order valence-electron chi connectivity index (χ2n) is 4.20. The van der Waals surface area contributed by atoms with Gasteiger partial charge in [-0.3, -0.25) is 0 Å². The topological polar surface area (TPSA) is 29.5 Å². The van der Waals surface area contributed by atoms with Gasteiger partial charge in [-0.2, -0.15) is 0 Å². The largest absolute Gasteiger partial charge is 0.496 e. The van der Waals surface area contributed by atoms with Crippen LogP contribution in [0.1, 0.15) is 17.2 Å². The number of aliphatic hydroxyl groups excluding tert-OH is 1. The summed E-state index contributed by atoms with van der Waals surface area (Å²) in [6.45, 7) is 0. The molecular weight excluding hydrogens is 311 g/mol. The Balaban J connectivity index is 2.23. The number of halogens is 2. The molecule has 4 heteroatoms. The van der Waals surface area contributed by atoms with E-state index in [1.54, 1.807) is 19.2 Å². The molecule has 0 fully saturated rings. The lowest BCUT2D eigenvalue weighted by Gasteiger charge is -2.14. The Kier molecular flexibility index (Phi) is 4.56. The normalized spacial score (nSPS) is 12.2. The maximum Gasteiger partial charge on any atom is 0.130 e. The van der Waals surface area contributed by atoms with Crippen molar-refractivity contribution in [1.29, 1.82) is 0 Å². The highest BCUT2D eigenvalue weighted by molar-refractivity contribution is 9.10. The van der Waals surface area contributed by atoms with Crippen molar-refractivity contribution in [2.75, 3.05) is 7.11 Å². The number of methoxy groups -OCH3 is 1. The quantitative estimate of drug-likeness (QED) is 0.925. The summed E-state index contributed by atoms with van der Waals surface area (Å²) in [4.78, 5) is 0. The summed E-state index contributed by atoms with van der Waals surface area (Å²) < 4.78 is 19.6. The van der Waals surface area contributed by atoms with Crippen molar-refractivity contribution < 1.29 is 14.2 Å². The zero-order chi connectivity index (χ0) is 13.8. The summed E-state index contributed by atoms with van der Waals surface area (Å²) in [7, 11) is 1.57. The summed E-state index contributed by atoms with van der Waals surface area (Å²) in [5.74, 6) is 0.274. The third kappa shape index (κ3) is 3.33. The Hall–Kier alpha value is -1.39. The highest BCUT2D eigenvalue weighted by Gasteiger charge is 2.15. The predicted octanol–water partition coefficient (Wildman–Crippen LogP) is 3.87. The first-order valence-electron chi connectivity index (χ1n) is 5.86. The Morgan fingerprint density at radius 2 is 2.00 bits per heavy atom. The molecule has 0 radical (unpaired) electrons. The van der Waals surface area contributed by atoms with Crippen LogP contribution in [0.15, 0.2) is 46.9 Å². The molecule has 1 atom stereocenters.